The second-order valence-electron chi connectivity index (χ2n) is 8.47. The Labute approximate surface area is 199 Å². The number of rotatable bonds is 6. The Morgan fingerprint density at radius 1 is 1.03 bits per heavy atom. The number of amides is 1. The zero-order chi connectivity index (χ0) is 23.9. The van der Waals surface area contributed by atoms with E-state index in [0.717, 1.165) is 45.0 Å². The zero-order valence-corrected chi connectivity index (χ0v) is 18.9. The summed E-state index contributed by atoms with van der Waals surface area (Å²) in [5, 5.41) is 4.42. The number of furan rings is 1. The Kier molecular flexibility index (Phi) is 5.07. The van der Waals surface area contributed by atoms with Gasteiger partial charge in [-0.05, 0) is 30.3 Å². The Balaban J connectivity index is 1.15. The van der Waals surface area contributed by atoms with Crippen LogP contribution in [0.4, 0.5) is 11.6 Å². The molecular weight excluding hydrogens is 448 g/mol. The standard InChI is InChI=1S/C23H24N10O2/c24-19(34)15-3-1-4-16(13-15)31-9-6-30(7-10-31)8-11-32-14-26-18-21(32)28-23(25)33-22(18)27-20(29-33)17-5-2-12-35-17/h1-5,12-14H,6-11H2,(H2,24,34)(H2,25,28). The molecule has 4 N–H and O–H groups in total. The Morgan fingerprint density at radius 2 is 1.89 bits per heavy atom. The number of fused-ring (bicyclic) bond motifs is 3. The van der Waals surface area contributed by atoms with Gasteiger partial charge < -0.3 is 25.4 Å². The molecule has 0 radical (unpaired) electrons. The van der Waals surface area contributed by atoms with Gasteiger partial charge in [0, 0.05) is 50.5 Å². The van der Waals surface area contributed by atoms with Crippen molar-refractivity contribution in [1.82, 2.24) is 34.0 Å². The molecule has 0 unspecified atom stereocenters. The number of piperazine rings is 1. The van der Waals surface area contributed by atoms with Crippen molar-refractivity contribution < 1.29 is 9.21 Å². The number of hydrogen-bond donors (Lipinski definition) is 2. The normalized spacial score (nSPS) is 14.8. The van der Waals surface area contributed by atoms with E-state index in [9.17, 15) is 4.79 Å². The molecule has 1 aromatic carbocycles. The van der Waals surface area contributed by atoms with Gasteiger partial charge in [0.25, 0.3) is 0 Å². The van der Waals surface area contributed by atoms with Crippen molar-refractivity contribution in [2.75, 3.05) is 43.4 Å². The van der Waals surface area contributed by atoms with E-state index in [1.165, 1.54) is 4.52 Å². The molecule has 6 rings (SSSR count). The number of carbonyl (C=O) groups is 1. The van der Waals surface area contributed by atoms with E-state index >= 15 is 0 Å². The summed E-state index contributed by atoms with van der Waals surface area (Å²) in [5.41, 5.74) is 15.0. The second-order valence-corrected chi connectivity index (χ2v) is 8.47. The first-order valence-corrected chi connectivity index (χ1v) is 11.3. The minimum Gasteiger partial charge on any atom is -0.461 e. The lowest BCUT2D eigenvalue weighted by molar-refractivity contribution is 0.100. The highest BCUT2D eigenvalue weighted by atomic mass is 16.3. The maximum atomic E-state index is 11.5. The first-order valence-electron chi connectivity index (χ1n) is 11.3. The molecule has 1 aliphatic heterocycles. The molecule has 1 amide bonds. The molecule has 1 fully saturated rings. The molecule has 4 aromatic heterocycles. The largest absolute Gasteiger partial charge is 0.461 e. The smallest absolute Gasteiger partial charge is 0.248 e. The summed E-state index contributed by atoms with van der Waals surface area (Å²) in [5.74, 6) is 0.824. The van der Waals surface area contributed by atoms with Crippen molar-refractivity contribution in [2.24, 2.45) is 5.73 Å². The number of nitrogens with two attached hydrogens (primary N) is 2. The molecule has 12 heteroatoms. The zero-order valence-electron chi connectivity index (χ0n) is 18.9. The highest BCUT2D eigenvalue weighted by Crippen LogP contribution is 2.23. The third-order valence-electron chi connectivity index (χ3n) is 6.33. The van der Waals surface area contributed by atoms with Gasteiger partial charge in [-0.25, -0.2) is 9.97 Å². The molecule has 0 spiro atoms. The predicted octanol–water partition coefficient (Wildman–Crippen LogP) is 1.24. The van der Waals surface area contributed by atoms with Crippen LogP contribution in [0.25, 0.3) is 28.4 Å². The highest BCUT2D eigenvalue weighted by Gasteiger charge is 2.20. The lowest BCUT2D eigenvalue weighted by Crippen LogP contribution is -2.47. The summed E-state index contributed by atoms with van der Waals surface area (Å²) in [6.45, 7) is 5.11. The second kappa shape index (κ2) is 8.40. The van der Waals surface area contributed by atoms with Crippen LogP contribution in [0.1, 0.15) is 10.4 Å². The van der Waals surface area contributed by atoms with Crippen LogP contribution in [0.3, 0.4) is 0 Å². The fourth-order valence-electron chi connectivity index (χ4n) is 4.44. The summed E-state index contributed by atoms with van der Waals surface area (Å²) in [4.78, 5) is 29.8. The molecule has 0 saturated carbocycles. The molecular formula is C23H24N10O2. The topological polar surface area (TPSA) is 150 Å². The number of anilines is 2. The van der Waals surface area contributed by atoms with E-state index < -0.39 is 5.91 Å². The molecule has 12 nitrogen and oxygen atoms in total. The van der Waals surface area contributed by atoms with Crippen LogP contribution in [0.15, 0.2) is 53.4 Å². The third-order valence-corrected chi connectivity index (χ3v) is 6.33. The predicted molar refractivity (Wildman–Crippen MR) is 130 cm³/mol. The van der Waals surface area contributed by atoms with Gasteiger partial charge in [-0.3, -0.25) is 9.69 Å². The summed E-state index contributed by atoms with van der Waals surface area (Å²) in [7, 11) is 0. The molecule has 5 aromatic rings. The lowest BCUT2D eigenvalue weighted by Gasteiger charge is -2.36. The first kappa shape index (κ1) is 21.1. The van der Waals surface area contributed by atoms with Crippen LogP contribution >= 0.6 is 0 Å². The fraction of sp³-hybridized carbons (Fsp3) is 0.261. The van der Waals surface area contributed by atoms with Gasteiger partial charge in [0.15, 0.2) is 22.6 Å². The van der Waals surface area contributed by atoms with E-state index in [2.05, 4.69) is 29.9 Å². The van der Waals surface area contributed by atoms with Crippen LogP contribution in [-0.4, -0.2) is 72.7 Å². The number of primary amides is 1. The Hall–Kier alpha value is -4.45. The number of benzene rings is 1. The molecule has 5 heterocycles. The number of imidazole rings is 1. The average molecular weight is 473 g/mol. The number of nitrogens with zero attached hydrogens (tertiary/aromatic N) is 8. The molecule has 0 bridgehead atoms. The summed E-state index contributed by atoms with van der Waals surface area (Å²) < 4.78 is 8.90. The summed E-state index contributed by atoms with van der Waals surface area (Å²) >= 11 is 0. The SMILES string of the molecule is NC(=O)c1cccc(N2CCN(CCn3cnc4c3nc(N)n3nc(-c5ccco5)nc43)CC2)c1. The van der Waals surface area contributed by atoms with Gasteiger partial charge in [-0.2, -0.15) is 9.50 Å². The van der Waals surface area contributed by atoms with Crippen LogP contribution in [0, 0.1) is 0 Å². The van der Waals surface area contributed by atoms with Crippen molar-refractivity contribution >= 4 is 34.4 Å². The minimum absolute atomic E-state index is 0.242. The number of nitrogen functional groups attached to an aromatic ring is 1. The van der Waals surface area contributed by atoms with Crippen molar-refractivity contribution in [3.05, 3.63) is 54.6 Å². The number of hydrogen-bond acceptors (Lipinski definition) is 9. The van der Waals surface area contributed by atoms with E-state index in [4.69, 9.17) is 15.9 Å². The minimum atomic E-state index is -0.409. The maximum absolute atomic E-state index is 11.5. The Bertz CT molecular complexity index is 1510. The van der Waals surface area contributed by atoms with E-state index in [0.29, 0.717) is 34.0 Å². The lowest BCUT2D eigenvalue weighted by atomic mass is 10.1. The quantitative estimate of drug-likeness (QED) is 0.372. The average Bonchev–Trinajstić information content (AvgIpc) is 3.63. The fourth-order valence-corrected chi connectivity index (χ4v) is 4.44. The van der Waals surface area contributed by atoms with E-state index in [-0.39, 0.29) is 5.95 Å². The van der Waals surface area contributed by atoms with Gasteiger partial charge in [0.1, 0.15) is 0 Å². The number of aromatic nitrogens is 6. The molecule has 1 aliphatic rings. The van der Waals surface area contributed by atoms with Crippen LogP contribution in [-0.2, 0) is 6.54 Å². The van der Waals surface area contributed by atoms with Gasteiger partial charge in [-0.1, -0.05) is 6.07 Å². The van der Waals surface area contributed by atoms with E-state index in [1.54, 1.807) is 30.8 Å². The highest BCUT2D eigenvalue weighted by molar-refractivity contribution is 5.93. The maximum Gasteiger partial charge on any atom is 0.248 e. The van der Waals surface area contributed by atoms with Gasteiger partial charge in [0.05, 0.1) is 12.6 Å². The van der Waals surface area contributed by atoms with Gasteiger partial charge >= 0.3 is 0 Å². The van der Waals surface area contributed by atoms with Crippen LogP contribution < -0.4 is 16.4 Å². The Morgan fingerprint density at radius 3 is 2.66 bits per heavy atom. The van der Waals surface area contributed by atoms with Crippen LogP contribution in [0.5, 0.6) is 0 Å². The van der Waals surface area contributed by atoms with Crippen molar-refractivity contribution in [3.8, 4) is 11.6 Å². The van der Waals surface area contributed by atoms with Crippen LogP contribution in [0.2, 0.25) is 0 Å². The first-order chi connectivity index (χ1) is 17.1. The molecule has 178 valence electrons. The summed E-state index contributed by atoms with van der Waals surface area (Å²) in [6.07, 6.45) is 3.34. The van der Waals surface area contributed by atoms with Crippen molar-refractivity contribution in [2.45, 2.75) is 6.54 Å². The molecule has 0 aliphatic carbocycles. The monoisotopic (exact) mass is 472 g/mol. The number of carbonyl (C=O) groups excluding carboxylic acids is 1. The van der Waals surface area contributed by atoms with Gasteiger partial charge in [0.2, 0.25) is 17.7 Å². The van der Waals surface area contributed by atoms with Crippen molar-refractivity contribution in [1.29, 1.82) is 0 Å². The van der Waals surface area contributed by atoms with Crippen molar-refractivity contribution in [3.63, 3.8) is 0 Å². The summed E-state index contributed by atoms with van der Waals surface area (Å²) in [6, 6.07) is 11.1. The molecule has 0 atom stereocenters. The van der Waals surface area contributed by atoms with Gasteiger partial charge in [-0.15, -0.1) is 5.10 Å². The molecule has 35 heavy (non-hydrogen) atoms. The molecule has 1 saturated heterocycles. The third kappa shape index (κ3) is 3.83. The van der Waals surface area contributed by atoms with E-state index in [1.807, 2.05) is 22.8 Å².